The summed E-state index contributed by atoms with van der Waals surface area (Å²) >= 11 is 10.9. The molecule has 1 N–H and O–H groups in total. The number of hydrogen-bond donors (Lipinski definition) is 1. The van der Waals surface area contributed by atoms with E-state index in [-0.39, 0.29) is 11.8 Å². The predicted octanol–water partition coefficient (Wildman–Crippen LogP) is 4.09. The maximum Gasteiger partial charge on any atom is 0.251 e. The first kappa shape index (κ1) is 14.5. The van der Waals surface area contributed by atoms with E-state index in [9.17, 15) is 4.79 Å². The minimum absolute atomic E-state index is 0.127. The van der Waals surface area contributed by atoms with Crippen molar-refractivity contribution < 1.29 is 4.79 Å². The van der Waals surface area contributed by atoms with E-state index in [0.717, 1.165) is 9.48 Å². The first-order valence-corrected chi connectivity index (χ1v) is 7.75. The van der Waals surface area contributed by atoms with Gasteiger partial charge in [0, 0.05) is 34.1 Å². The SMILES string of the molecule is CC(CNC(=O)c1ccc(Br)c(Cl)c1)c1nccs1. The Bertz CT molecular complexity index is 574. The number of hydrogen-bond acceptors (Lipinski definition) is 3. The van der Waals surface area contributed by atoms with Gasteiger partial charge in [-0.2, -0.15) is 0 Å². The molecule has 0 fully saturated rings. The van der Waals surface area contributed by atoms with E-state index in [1.54, 1.807) is 35.7 Å². The molecule has 2 rings (SSSR count). The number of carbonyl (C=O) groups excluding carboxylic acids is 1. The largest absolute Gasteiger partial charge is 0.351 e. The number of nitrogens with one attached hydrogen (secondary N) is 1. The van der Waals surface area contributed by atoms with Gasteiger partial charge in [-0.3, -0.25) is 4.79 Å². The first-order chi connectivity index (χ1) is 9.08. The van der Waals surface area contributed by atoms with Gasteiger partial charge in [0.2, 0.25) is 0 Å². The molecule has 0 radical (unpaired) electrons. The number of halogens is 2. The Morgan fingerprint density at radius 3 is 3.00 bits per heavy atom. The van der Waals surface area contributed by atoms with Crippen LogP contribution in [-0.2, 0) is 0 Å². The van der Waals surface area contributed by atoms with E-state index in [1.165, 1.54) is 0 Å². The summed E-state index contributed by atoms with van der Waals surface area (Å²) in [7, 11) is 0. The van der Waals surface area contributed by atoms with Crippen molar-refractivity contribution in [1.29, 1.82) is 0 Å². The maximum absolute atomic E-state index is 12.0. The smallest absolute Gasteiger partial charge is 0.251 e. The van der Waals surface area contributed by atoms with Crippen LogP contribution in [0.2, 0.25) is 5.02 Å². The molecule has 1 amide bonds. The van der Waals surface area contributed by atoms with Crippen molar-refractivity contribution in [3.8, 4) is 0 Å². The Kier molecular flexibility index (Phi) is 4.96. The Hall–Kier alpha value is -0.910. The van der Waals surface area contributed by atoms with Crippen molar-refractivity contribution in [2.75, 3.05) is 6.54 Å². The molecule has 0 aliphatic rings. The minimum atomic E-state index is -0.127. The van der Waals surface area contributed by atoms with Gasteiger partial charge >= 0.3 is 0 Å². The van der Waals surface area contributed by atoms with E-state index < -0.39 is 0 Å². The van der Waals surface area contributed by atoms with Crippen molar-refractivity contribution in [1.82, 2.24) is 10.3 Å². The summed E-state index contributed by atoms with van der Waals surface area (Å²) in [5.41, 5.74) is 0.555. The lowest BCUT2D eigenvalue weighted by Crippen LogP contribution is -2.27. The summed E-state index contributed by atoms with van der Waals surface area (Å²) in [6.07, 6.45) is 1.77. The van der Waals surface area contributed by atoms with Crippen LogP contribution in [0.25, 0.3) is 0 Å². The van der Waals surface area contributed by atoms with Gasteiger partial charge in [-0.15, -0.1) is 11.3 Å². The Morgan fingerprint density at radius 2 is 2.37 bits per heavy atom. The summed E-state index contributed by atoms with van der Waals surface area (Å²) in [4.78, 5) is 16.2. The quantitative estimate of drug-likeness (QED) is 0.893. The molecule has 0 saturated heterocycles. The lowest BCUT2D eigenvalue weighted by atomic mass is 10.1. The lowest BCUT2D eigenvalue weighted by Gasteiger charge is -2.10. The van der Waals surface area contributed by atoms with E-state index in [4.69, 9.17) is 11.6 Å². The standard InChI is InChI=1S/C13H12BrClN2OS/c1-8(13-16-4-5-19-13)7-17-12(18)9-2-3-10(14)11(15)6-9/h2-6,8H,7H2,1H3,(H,17,18). The number of benzene rings is 1. The van der Waals surface area contributed by atoms with Gasteiger partial charge in [0.05, 0.1) is 10.0 Å². The molecule has 19 heavy (non-hydrogen) atoms. The van der Waals surface area contributed by atoms with Crippen LogP contribution < -0.4 is 5.32 Å². The topological polar surface area (TPSA) is 42.0 Å². The molecule has 1 heterocycles. The third kappa shape index (κ3) is 3.78. The number of rotatable bonds is 4. The van der Waals surface area contributed by atoms with Gasteiger partial charge in [0.15, 0.2) is 0 Å². The molecule has 1 aromatic carbocycles. The molecule has 100 valence electrons. The van der Waals surface area contributed by atoms with Crippen LogP contribution in [0.3, 0.4) is 0 Å². The van der Waals surface area contributed by atoms with Crippen LogP contribution >= 0.6 is 38.9 Å². The summed E-state index contributed by atoms with van der Waals surface area (Å²) in [5.74, 6) is 0.0766. The van der Waals surface area contributed by atoms with Gasteiger partial charge in [0.25, 0.3) is 5.91 Å². The number of nitrogens with zero attached hydrogens (tertiary/aromatic N) is 1. The molecule has 6 heteroatoms. The van der Waals surface area contributed by atoms with E-state index >= 15 is 0 Å². The molecule has 1 unspecified atom stereocenters. The molecular formula is C13H12BrClN2OS. The van der Waals surface area contributed by atoms with Gasteiger partial charge in [-0.05, 0) is 34.1 Å². The van der Waals surface area contributed by atoms with E-state index in [2.05, 4.69) is 26.2 Å². The zero-order valence-corrected chi connectivity index (χ0v) is 13.3. The minimum Gasteiger partial charge on any atom is -0.351 e. The summed E-state index contributed by atoms with van der Waals surface area (Å²) in [6, 6.07) is 5.15. The molecule has 0 aliphatic carbocycles. The average Bonchev–Trinajstić information content (AvgIpc) is 2.92. The van der Waals surface area contributed by atoms with Crippen molar-refractivity contribution in [3.63, 3.8) is 0 Å². The first-order valence-electron chi connectivity index (χ1n) is 5.70. The highest BCUT2D eigenvalue weighted by Gasteiger charge is 2.12. The number of thiazole rings is 1. The predicted molar refractivity (Wildman–Crippen MR) is 82.0 cm³/mol. The van der Waals surface area contributed by atoms with Gasteiger partial charge in [0.1, 0.15) is 0 Å². The van der Waals surface area contributed by atoms with Crippen LogP contribution in [0.1, 0.15) is 28.2 Å². The van der Waals surface area contributed by atoms with E-state index in [1.807, 2.05) is 12.3 Å². The van der Waals surface area contributed by atoms with Crippen molar-refractivity contribution >= 4 is 44.8 Å². The highest BCUT2D eigenvalue weighted by atomic mass is 79.9. The fourth-order valence-corrected chi connectivity index (χ4v) is 2.68. The molecule has 3 nitrogen and oxygen atoms in total. The molecule has 0 saturated carbocycles. The van der Waals surface area contributed by atoms with Crippen molar-refractivity contribution in [2.24, 2.45) is 0 Å². The van der Waals surface area contributed by atoms with Gasteiger partial charge in [-0.25, -0.2) is 4.98 Å². The van der Waals surface area contributed by atoms with Crippen LogP contribution in [-0.4, -0.2) is 17.4 Å². The molecule has 1 atom stereocenters. The molecule has 1 aromatic heterocycles. The van der Waals surface area contributed by atoms with Crippen LogP contribution in [0.5, 0.6) is 0 Å². The monoisotopic (exact) mass is 358 g/mol. The third-order valence-electron chi connectivity index (χ3n) is 2.62. The van der Waals surface area contributed by atoms with Gasteiger partial charge in [-0.1, -0.05) is 18.5 Å². The summed E-state index contributed by atoms with van der Waals surface area (Å²) < 4.78 is 0.780. The fraction of sp³-hybridized carbons (Fsp3) is 0.231. The Morgan fingerprint density at radius 1 is 1.58 bits per heavy atom. The van der Waals surface area contributed by atoms with Crippen LogP contribution in [0, 0.1) is 0 Å². The molecule has 2 aromatic rings. The fourth-order valence-electron chi connectivity index (χ4n) is 1.55. The Labute approximate surface area is 129 Å². The second kappa shape index (κ2) is 6.50. The maximum atomic E-state index is 12.0. The molecule has 0 bridgehead atoms. The van der Waals surface area contributed by atoms with Crippen LogP contribution in [0.4, 0.5) is 0 Å². The normalized spacial score (nSPS) is 12.2. The number of amides is 1. The second-order valence-electron chi connectivity index (χ2n) is 4.11. The number of carbonyl (C=O) groups is 1. The molecular weight excluding hydrogens is 348 g/mol. The molecule has 0 aliphatic heterocycles. The highest BCUT2D eigenvalue weighted by Crippen LogP contribution is 2.23. The summed E-state index contributed by atoms with van der Waals surface area (Å²) in [5, 5.41) is 6.37. The average molecular weight is 360 g/mol. The summed E-state index contributed by atoms with van der Waals surface area (Å²) in [6.45, 7) is 2.59. The molecule has 0 spiro atoms. The second-order valence-corrected chi connectivity index (χ2v) is 6.30. The van der Waals surface area contributed by atoms with Crippen molar-refractivity contribution in [2.45, 2.75) is 12.8 Å². The number of aromatic nitrogens is 1. The zero-order valence-electron chi connectivity index (χ0n) is 10.2. The zero-order chi connectivity index (χ0) is 13.8. The Balaban J connectivity index is 1.96. The van der Waals surface area contributed by atoms with Crippen molar-refractivity contribution in [3.05, 3.63) is 49.8 Å². The van der Waals surface area contributed by atoms with E-state index in [0.29, 0.717) is 17.1 Å². The van der Waals surface area contributed by atoms with Gasteiger partial charge < -0.3 is 5.32 Å². The van der Waals surface area contributed by atoms with Crippen LogP contribution in [0.15, 0.2) is 34.2 Å². The lowest BCUT2D eigenvalue weighted by molar-refractivity contribution is 0.0951. The highest BCUT2D eigenvalue weighted by molar-refractivity contribution is 9.10. The third-order valence-corrected chi connectivity index (χ3v) is 4.86.